The highest BCUT2D eigenvalue weighted by atomic mass is 35.5. The van der Waals surface area contributed by atoms with Gasteiger partial charge < -0.3 is 5.32 Å². The van der Waals surface area contributed by atoms with E-state index in [4.69, 9.17) is 23.2 Å². The van der Waals surface area contributed by atoms with Crippen molar-refractivity contribution in [3.8, 4) is 0 Å². The Kier molecular flexibility index (Phi) is 5.71. The standard InChI is InChI=1S/C15H17Cl2NS/c1-18-13(12-10-14(16)19-15(12)17)9-5-8-11-6-3-2-4-7-11/h2-4,6-7,10,13,18H,5,8-9H2,1H3. The lowest BCUT2D eigenvalue weighted by atomic mass is 10.0. The molecule has 0 aliphatic rings. The molecular formula is C15H17Cl2NS. The van der Waals surface area contributed by atoms with Crippen LogP contribution in [-0.2, 0) is 6.42 Å². The third-order valence-electron chi connectivity index (χ3n) is 3.21. The summed E-state index contributed by atoms with van der Waals surface area (Å²) in [6, 6.07) is 12.8. The lowest BCUT2D eigenvalue weighted by Crippen LogP contribution is -2.16. The van der Waals surface area contributed by atoms with Crippen LogP contribution >= 0.6 is 34.5 Å². The van der Waals surface area contributed by atoms with Crippen molar-refractivity contribution >= 4 is 34.5 Å². The van der Waals surface area contributed by atoms with Crippen molar-refractivity contribution in [2.24, 2.45) is 0 Å². The summed E-state index contributed by atoms with van der Waals surface area (Å²) in [5.41, 5.74) is 2.50. The van der Waals surface area contributed by atoms with Gasteiger partial charge in [0.05, 0.1) is 8.67 Å². The minimum Gasteiger partial charge on any atom is -0.313 e. The van der Waals surface area contributed by atoms with Crippen LogP contribution in [0.15, 0.2) is 36.4 Å². The fourth-order valence-electron chi connectivity index (χ4n) is 2.20. The Morgan fingerprint density at radius 1 is 1.21 bits per heavy atom. The molecule has 2 aromatic rings. The molecule has 0 bridgehead atoms. The molecule has 0 radical (unpaired) electrons. The molecule has 1 aromatic heterocycles. The molecule has 2 rings (SSSR count). The maximum Gasteiger partial charge on any atom is 0.0991 e. The van der Waals surface area contributed by atoms with Crippen molar-refractivity contribution in [3.05, 3.63) is 56.2 Å². The molecule has 0 saturated heterocycles. The van der Waals surface area contributed by atoms with E-state index in [0.29, 0.717) is 0 Å². The van der Waals surface area contributed by atoms with Crippen molar-refractivity contribution < 1.29 is 0 Å². The first kappa shape index (κ1) is 14.9. The van der Waals surface area contributed by atoms with E-state index in [2.05, 4.69) is 29.6 Å². The SMILES string of the molecule is CNC(CCCc1ccccc1)c1cc(Cl)sc1Cl. The molecule has 1 nitrogen and oxygen atoms in total. The van der Waals surface area contributed by atoms with Crippen LogP contribution in [0.4, 0.5) is 0 Å². The average molecular weight is 314 g/mol. The predicted molar refractivity (Wildman–Crippen MR) is 85.5 cm³/mol. The highest BCUT2D eigenvalue weighted by Crippen LogP contribution is 2.36. The van der Waals surface area contributed by atoms with Crippen LogP contribution in [-0.4, -0.2) is 7.05 Å². The van der Waals surface area contributed by atoms with Crippen molar-refractivity contribution in [2.45, 2.75) is 25.3 Å². The van der Waals surface area contributed by atoms with Gasteiger partial charge in [-0.3, -0.25) is 0 Å². The number of rotatable bonds is 6. The highest BCUT2D eigenvalue weighted by Gasteiger charge is 2.15. The Morgan fingerprint density at radius 3 is 2.53 bits per heavy atom. The van der Waals surface area contributed by atoms with E-state index < -0.39 is 0 Å². The molecule has 1 atom stereocenters. The number of benzene rings is 1. The van der Waals surface area contributed by atoms with Crippen molar-refractivity contribution in [1.82, 2.24) is 5.32 Å². The molecule has 0 fully saturated rings. The molecule has 1 unspecified atom stereocenters. The summed E-state index contributed by atoms with van der Waals surface area (Å²) < 4.78 is 1.55. The zero-order chi connectivity index (χ0) is 13.7. The van der Waals surface area contributed by atoms with Gasteiger partial charge in [0.25, 0.3) is 0 Å². The zero-order valence-electron chi connectivity index (χ0n) is 10.8. The van der Waals surface area contributed by atoms with Crippen LogP contribution in [0.1, 0.15) is 30.0 Å². The molecule has 0 aliphatic heterocycles. The van der Waals surface area contributed by atoms with Gasteiger partial charge in [0.15, 0.2) is 0 Å². The summed E-state index contributed by atoms with van der Waals surface area (Å²) in [7, 11) is 1.97. The highest BCUT2D eigenvalue weighted by molar-refractivity contribution is 7.20. The lowest BCUT2D eigenvalue weighted by Gasteiger charge is -2.15. The van der Waals surface area contributed by atoms with Gasteiger partial charge in [-0.15, -0.1) is 11.3 Å². The van der Waals surface area contributed by atoms with Crippen LogP contribution in [0.3, 0.4) is 0 Å². The average Bonchev–Trinajstić information content (AvgIpc) is 2.75. The smallest absolute Gasteiger partial charge is 0.0991 e. The fourth-order valence-corrected chi connectivity index (χ4v) is 3.78. The van der Waals surface area contributed by atoms with Gasteiger partial charge in [0, 0.05) is 11.6 Å². The Morgan fingerprint density at radius 2 is 1.95 bits per heavy atom. The van der Waals surface area contributed by atoms with Crippen LogP contribution < -0.4 is 5.32 Å². The number of hydrogen-bond donors (Lipinski definition) is 1. The third-order valence-corrected chi connectivity index (χ3v) is 4.73. The molecule has 0 saturated carbocycles. The number of hydrogen-bond acceptors (Lipinski definition) is 2. The van der Waals surface area contributed by atoms with Crippen molar-refractivity contribution in [2.75, 3.05) is 7.05 Å². The third kappa shape index (κ3) is 4.22. The summed E-state index contributed by atoms with van der Waals surface area (Å²) in [6.07, 6.45) is 3.27. The summed E-state index contributed by atoms with van der Waals surface area (Å²) in [4.78, 5) is 0. The fraction of sp³-hybridized carbons (Fsp3) is 0.333. The topological polar surface area (TPSA) is 12.0 Å². The quantitative estimate of drug-likeness (QED) is 0.759. The van der Waals surface area contributed by atoms with Gasteiger partial charge in [0.2, 0.25) is 0 Å². The molecule has 1 N–H and O–H groups in total. The number of nitrogens with one attached hydrogen (secondary N) is 1. The van der Waals surface area contributed by atoms with Crippen LogP contribution in [0.5, 0.6) is 0 Å². The molecule has 0 amide bonds. The summed E-state index contributed by atoms with van der Waals surface area (Å²) >= 11 is 13.6. The summed E-state index contributed by atoms with van der Waals surface area (Å²) in [6.45, 7) is 0. The minimum absolute atomic E-state index is 0.278. The largest absolute Gasteiger partial charge is 0.313 e. The molecule has 0 aliphatic carbocycles. The number of halogens is 2. The van der Waals surface area contributed by atoms with Crippen molar-refractivity contribution in [3.63, 3.8) is 0 Å². The van der Waals surface area contributed by atoms with Crippen LogP contribution in [0.25, 0.3) is 0 Å². The first-order valence-electron chi connectivity index (χ1n) is 6.36. The van der Waals surface area contributed by atoms with E-state index in [1.54, 1.807) is 0 Å². The molecule has 4 heteroatoms. The molecular weight excluding hydrogens is 297 g/mol. The van der Waals surface area contributed by atoms with Gasteiger partial charge in [-0.05, 0) is 37.9 Å². The Hall–Kier alpha value is -0.540. The minimum atomic E-state index is 0.278. The van der Waals surface area contributed by atoms with E-state index in [-0.39, 0.29) is 6.04 Å². The first-order chi connectivity index (χ1) is 9.20. The molecule has 1 aromatic carbocycles. The van der Waals surface area contributed by atoms with E-state index in [0.717, 1.165) is 33.5 Å². The van der Waals surface area contributed by atoms with E-state index in [1.807, 2.05) is 19.2 Å². The monoisotopic (exact) mass is 313 g/mol. The maximum atomic E-state index is 6.21. The first-order valence-corrected chi connectivity index (χ1v) is 7.94. The lowest BCUT2D eigenvalue weighted by molar-refractivity contribution is 0.528. The van der Waals surface area contributed by atoms with Crippen LogP contribution in [0.2, 0.25) is 8.67 Å². The molecule has 1 heterocycles. The number of aryl methyl sites for hydroxylation is 1. The Balaban J connectivity index is 1.91. The second-order valence-corrected chi connectivity index (χ2v) is 6.78. The van der Waals surface area contributed by atoms with Gasteiger partial charge in [0.1, 0.15) is 0 Å². The van der Waals surface area contributed by atoms with E-state index in [9.17, 15) is 0 Å². The van der Waals surface area contributed by atoms with Crippen LogP contribution in [0, 0.1) is 0 Å². The Bertz CT molecular complexity index is 510. The van der Waals surface area contributed by atoms with E-state index in [1.165, 1.54) is 16.9 Å². The van der Waals surface area contributed by atoms with E-state index >= 15 is 0 Å². The molecule has 0 spiro atoms. The predicted octanol–water partition coefficient (Wildman–Crippen LogP) is 5.34. The normalized spacial score (nSPS) is 12.6. The molecule has 102 valence electrons. The Labute approximate surface area is 128 Å². The number of thiophene rings is 1. The second-order valence-electron chi connectivity index (χ2n) is 4.50. The maximum absolute atomic E-state index is 6.21. The van der Waals surface area contributed by atoms with Gasteiger partial charge >= 0.3 is 0 Å². The van der Waals surface area contributed by atoms with Gasteiger partial charge in [-0.2, -0.15) is 0 Å². The zero-order valence-corrected chi connectivity index (χ0v) is 13.2. The summed E-state index contributed by atoms with van der Waals surface area (Å²) in [5, 5.41) is 3.32. The second kappa shape index (κ2) is 7.30. The van der Waals surface area contributed by atoms with Gasteiger partial charge in [-0.25, -0.2) is 0 Å². The molecule has 19 heavy (non-hydrogen) atoms. The van der Waals surface area contributed by atoms with Gasteiger partial charge in [-0.1, -0.05) is 53.5 Å². The van der Waals surface area contributed by atoms with Crippen molar-refractivity contribution in [1.29, 1.82) is 0 Å². The summed E-state index contributed by atoms with van der Waals surface area (Å²) in [5.74, 6) is 0.